The predicted molar refractivity (Wildman–Crippen MR) is 38.9 cm³/mol. The van der Waals surface area contributed by atoms with Gasteiger partial charge < -0.3 is 5.11 Å². The maximum Gasteiger partial charge on any atom is 0.0802 e. The van der Waals surface area contributed by atoms with Crippen LogP contribution >= 0.6 is 11.3 Å². The summed E-state index contributed by atoms with van der Waals surface area (Å²) in [7, 11) is 0. The highest BCUT2D eigenvalue weighted by Gasteiger charge is 1.90. The number of hydrogen-bond acceptors (Lipinski definition) is 2. The molecule has 0 aliphatic carbocycles. The molecule has 0 aromatic carbocycles. The Kier molecular flexibility index (Phi) is 2.74. The number of aliphatic hydroxyl groups is 1. The van der Waals surface area contributed by atoms with Gasteiger partial charge in [0, 0.05) is 4.88 Å². The Morgan fingerprint density at radius 1 is 1.67 bits per heavy atom. The summed E-state index contributed by atoms with van der Waals surface area (Å²) in [5, 5.41) is 10.4. The van der Waals surface area contributed by atoms with Gasteiger partial charge >= 0.3 is 0 Å². The first kappa shape index (κ1) is 6.78. The van der Waals surface area contributed by atoms with Gasteiger partial charge in [-0.2, -0.15) is 0 Å². The van der Waals surface area contributed by atoms with E-state index in [2.05, 4.69) is 6.07 Å². The van der Waals surface area contributed by atoms with Crippen molar-refractivity contribution < 1.29 is 5.11 Å². The van der Waals surface area contributed by atoms with Crippen LogP contribution in [-0.2, 0) is 6.42 Å². The smallest absolute Gasteiger partial charge is 0.0802 e. The lowest BCUT2D eigenvalue weighted by molar-refractivity contribution is 0.375. The Hall–Kier alpha value is -0.340. The van der Waals surface area contributed by atoms with Gasteiger partial charge in [0.25, 0.3) is 0 Å². The van der Waals surface area contributed by atoms with Gasteiger partial charge in [0.15, 0.2) is 0 Å². The lowest BCUT2D eigenvalue weighted by Gasteiger charge is -1.89. The Morgan fingerprint density at radius 2 is 2.56 bits per heavy atom. The van der Waals surface area contributed by atoms with Crippen molar-refractivity contribution in [2.75, 3.05) is 0 Å². The molecule has 1 radical (unpaired) electrons. The zero-order valence-electron chi connectivity index (χ0n) is 5.08. The average Bonchev–Trinajstić information content (AvgIpc) is 2.34. The standard InChI is InChI=1S/C7H9OS/c8-5-1-3-7-4-2-6-9-7/h2,4-6,8H,1,3H2. The lowest BCUT2D eigenvalue weighted by atomic mass is 10.3. The zero-order valence-corrected chi connectivity index (χ0v) is 5.90. The fraction of sp³-hybridized carbons (Fsp3) is 0.286. The molecule has 0 aliphatic rings. The van der Waals surface area contributed by atoms with E-state index in [-0.39, 0.29) is 0 Å². The van der Waals surface area contributed by atoms with Crippen molar-refractivity contribution in [1.82, 2.24) is 0 Å². The summed E-state index contributed by atoms with van der Waals surface area (Å²) in [6.07, 6.45) is 1.73. The van der Waals surface area contributed by atoms with Gasteiger partial charge in [0.1, 0.15) is 0 Å². The third-order valence-corrected chi connectivity index (χ3v) is 2.04. The van der Waals surface area contributed by atoms with E-state index in [1.807, 2.05) is 11.4 Å². The highest BCUT2D eigenvalue weighted by Crippen LogP contribution is 2.10. The van der Waals surface area contributed by atoms with Crippen LogP contribution in [0.2, 0.25) is 0 Å². The van der Waals surface area contributed by atoms with Gasteiger partial charge in [-0.25, -0.2) is 0 Å². The summed E-state index contributed by atoms with van der Waals surface area (Å²) in [6.45, 7) is 1.21. The summed E-state index contributed by atoms with van der Waals surface area (Å²) in [5.74, 6) is 0. The van der Waals surface area contributed by atoms with Crippen molar-refractivity contribution in [3.8, 4) is 0 Å². The van der Waals surface area contributed by atoms with E-state index < -0.39 is 0 Å². The highest BCUT2D eigenvalue weighted by molar-refractivity contribution is 7.09. The molecule has 0 aliphatic heterocycles. The van der Waals surface area contributed by atoms with Crippen molar-refractivity contribution in [2.45, 2.75) is 12.8 Å². The van der Waals surface area contributed by atoms with Crippen molar-refractivity contribution in [1.29, 1.82) is 0 Å². The monoisotopic (exact) mass is 141 g/mol. The van der Waals surface area contributed by atoms with E-state index in [0.717, 1.165) is 12.8 Å². The Bertz CT molecular complexity index is 146. The maximum absolute atomic E-state index is 8.34. The number of aliphatic hydroxyl groups excluding tert-OH is 1. The molecule has 1 aromatic rings. The topological polar surface area (TPSA) is 20.2 Å². The van der Waals surface area contributed by atoms with Crippen LogP contribution in [0.25, 0.3) is 0 Å². The number of aryl methyl sites for hydroxylation is 1. The summed E-state index contributed by atoms with van der Waals surface area (Å²) >= 11 is 1.73. The minimum absolute atomic E-state index is 0.764. The van der Waals surface area contributed by atoms with Gasteiger partial charge in [0.2, 0.25) is 0 Å². The molecular weight excluding hydrogens is 132 g/mol. The Balaban J connectivity index is 2.30. The fourth-order valence-corrected chi connectivity index (χ4v) is 1.39. The summed E-state index contributed by atoms with van der Waals surface area (Å²) < 4.78 is 0. The fourth-order valence-electron chi connectivity index (χ4n) is 0.662. The molecule has 0 bridgehead atoms. The van der Waals surface area contributed by atoms with E-state index in [4.69, 9.17) is 5.11 Å². The minimum atomic E-state index is 0.764. The van der Waals surface area contributed by atoms with Crippen LogP contribution in [0, 0.1) is 6.61 Å². The normalized spacial score (nSPS) is 9.89. The second-order valence-corrected chi connectivity index (χ2v) is 2.83. The Morgan fingerprint density at radius 3 is 3.11 bits per heavy atom. The SMILES string of the molecule is O[CH]CCc1cccs1. The maximum atomic E-state index is 8.34. The molecule has 9 heavy (non-hydrogen) atoms. The molecular formula is C7H9OS. The van der Waals surface area contributed by atoms with Crippen LogP contribution in [0.15, 0.2) is 17.5 Å². The molecule has 0 unspecified atom stereocenters. The van der Waals surface area contributed by atoms with Crippen LogP contribution in [0.5, 0.6) is 0 Å². The predicted octanol–water partition coefficient (Wildman–Crippen LogP) is 2.21. The molecule has 0 fully saturated rings. The molecule has 0 amide bonds. The van der Waals surface area contributed by atoms with Gasteiger partial charge in [-0.15, -0.1) is 11.3 Å². The largest absolute Gasteiger partial charge is 0.390 e. The van der Waals surface area contributed by atoms with Gasteiger partial charge in [-0.3, -0.25) is 0 Å². The molecule has 1 N–H and O–H groups in total. The molecule has 2 heteroatoms. The minimum Gasteiger partial charge on any atom is -0.390 e. The second kappa shape index (κ2) is 3.64. The Labute approximate surface area is 59.0 Å². The first-order chi connectivity index (χ1) is 4.43. The third-order valence-electron chi connectivity index (χ3n) is 1.10. The van der Waals surface area contributed by atoms with E-state index in [9.17, 15) is 0 Å². The molecule has 1 rings (SSSR count). The van der Waals surface area contributed by atoms with Crippen molar-refractivity contribution >= 4 is 11.3 Å². The molecule has 1 aromatic heterocycles. The quantitative estimate of drug-likeness (QED) is 0.684. The van der Waals surface area contributed by atoms with Gasteiger partial charge in [-0.1, -0.05) is 6.07 Å². The van der Waals surface area contributed by atoms with Crippen LogP contribution in [-0.4, -0.2) is 5.11 Å². The lowest BCUT2D eigenvalue weighted by Crippen LogP contribution is -1.78. The third kappa shape index (κ3) is 2.16. The van der Waals surface area contributed by atoms with Gasteiger partial charge in [-0.05, 0) is 24.3 Å². The second-order valence-electron chi connectivity index (χ2n) is 1.80. The van der Waals surface area contributed by atoms with Crippen LogP contribution in [0.4, 0.5) is 0 Å². The van der Waals surface area contributed by atoms with E-state index in [1.165, 1.54) is 11.5 Å². The number of hydrogen-bond donors (Lipinski definition) is 1. The van der Waals surface area contributed by atoms with Gasteiger partial charge in [0.05, 0.1) is 6.61 Å². The molecule has 0 saturated heterocycles. The molecule has 0 spiro atoms. The number of thiophene rings is 1. The highest BCUT2D eigenvalue weighted by atomic mass is 32.1. The molecule has 49 valence electrons. The van der Waals surface area contributed by atoms with E-state index >= 15 is 0 Å². The van der Waals surface area contributed by atoms with Crippen molar-refractivity contribution in [2.24, 2.45) is 0 Å². The molecule has 1 heterocycles. The average molecular weight is 141 g/mol. The molecule has 1 nitrogen and oxygen atoms in total. The summed E-state index contributed by atoms with van der Waals surface area (Å²) in [5.41, 5.74) is 0. The molecule has 0 saturated carbocycles. The first-order valence-electron chi connectivity index (χ1n) is 2.92. The molecule has 0 atom stereocenters. The van der Waals surface area contributed by atoms with Crippen LogP contribution < -0.4 is 0 Å². The van der Waals surface area contributed by atoms with Crippen molar-refractivity contribution in [3.63, 3.8) is 0 Å². The number of rotatable bonds is 3. The van der Waals surface area contributed by atoms with Crippen LogP contribution in [0.1, 0.15) is 11.3 Å². The van der Waals surface area contributed by atoms with Crippen LogP contribution in [0.3, 0.4) is 0 Å². The summed E-state index contributed by atoms with van der Waals surface area (Å²) in [6, 6.07) is 4.10. The van der Waals surface area contributed by atoms with E-state index in [0.29, 0.717) is 0 Å². The first-order valence-corrected chi connectivity index (χ1v) is 3.79. The van der Waals surface area contributed by atoms with Crippen molar-refractivity contribution in [3.05, 3.63) is 29.0 Å². The summed E-state index contributed by atoms with van der Waals surface area (Å²) in [4.78, 5) is 1.33. The zero-order chi connectivity index (χ0) is 6.53. The van der Waals surface area contributed by atoms with E-state index in [1.54, 1.807) is 11.3 Å².